The minimum absolute atomic E-state index is 0.253. The molecule has 0 spiro atoms. The van der Waals surface area contributed by atoms with E-state index in [0.717, 1.165) is 24.3 Å². The second-order valence-electron chi connectivity index (χ2n) is 5.41. The van der Waals surface area contributed by atoms with Crippen molar-refractivity contribution in [3.8, 4) is 0 Å². The third-order valence-corrected chi connectivity index (χ3v) is 3.94. The molecule has 1 aromatic heterocycles. The average molecular weight is 270 g/mol. The normalized spacial score (nSPS) is 16.9. The molecule has 5 heteroatoms. The van der Waals surface area contributed by atoms with Gasteiger partial charge in [-0.3, -0.25) is 0 Å². The maximum absolute atomic E-state index is 9.05. The predicted octanol–water partition coefficient (Wildman–Crippen LogP) is 2.83. The molecule has 1 heterocycles. The zero-order valence-electron chi connectivity index (χ0n) is 10.9. The molecule has 2 rings (SSSR count). The van der Waals surface area contributed by atoms with Crippen molar-refractivity contribution in [3.05, 3.63) is 17.0 Å². The van der Waals surface area contributed by atoms with Crippen molar-refractivity contribution in [2.45, 2.75) is 39.0 Å². The second-order valence-corrected chi connectivity index (χ2v) is 5.77. The van der Waals surface area contributed by atoms with Crippen LogP contribution in [-0.2, 0) is 0 Å². The van der Waals surface area contributed by atoms with Crippen LogP contribution in [0.2, 0.25) is 5.15 Å². The van der Waals surface area contributed by atoms with Gasteiger partial charge in [0.15, 0.2) is 0 Å². The lowest BCUT2D eigenvalue weighted by atomic mass is 10.0. The summed E-state index contributed by atoms with van der Waals surface area (Å²) >= 11 is 6.12. The Balaban J connectivity index is 2.07. The first-order valence-corrected chi connectivity index (χ1v) is 6.81. The van der Waals surface area contributed by atoms with E-state index in [1.54, 1.807) is 0 Å². The molecule has 1 saturated carbocycles. The van der Waals surface area contributed by atoms with E-state index in [1.165, 1.54) is 19.2 Å². The average Bonchev–Trinajstić information content (AvgIpc) is 3.07. The van der Waals surface area contributed by atoms with Crippen molar-refractivity contribution in [1.29, 1.82) is 0 Å². The molecule has 0 aromatic carbocycles. The van der Waals surface area contributed by atoms with Crippen LogP contribution in [0, 0.1) is 5.41 Å². The van der Waals surface area contributed by atoms with Crippen LogP contribution >= 0.6 is 11.6 Å². The van der Waals surface area contributed by atoms with Gasteiger partial charge < -0.3 is 10.4 Å². The monoisotopic (exact) mass is 269 g/mol. The van der Waals surface area contributed by atoms with Crippen LogP contribution in [0.3, 0.4) is 0 Å². The molecule has 1 aromatic rings. The standard InChI is InChI=1S/C13H20ClN3O/c1-9(2)10-11(14)16-8-17-12(10)15-7-13(3-4-13)5-6-18/h8-9,18H,3-7H2,1-2H3,(H,15,16,17). The zero-order valence-corrected chi connectivity index (χ0v) is 11.7. The Morgan fingerprint density at radius 1 is 1.44 bits per heavy atom. The van der Waals surface area contributed by atoms with Gasteiger partial charge >= 0.3 is 0 Å². The van der Waals surface area contributed by atoms with Gasteiger partial charge in [-0.2, -0.15) is 0 Å². The number of rotatable bonds is 6. The Kier molecular flexibility index (Phi) is 4.07. The number of nitrogens with one attached hydrogen (secondary N) is 1. The molecule has 0 aliphatic heterocycles. The highest BCUT2D eigenvalue weighted by Crippen LogP contribution is 2.48. The number of halogens is 1. The van der Waals surface area contributed by atoms with Crippen LogP contribution in [-0.4, -0.2) is 28.2 Å². The number of hydrogen-bond donors (Lipinski definition) is 2. The smallest absolute Gasteiger partial charge is 0.138 e. The van der Waals surface area contributed by atoms with Crippen molar-refractivity contribution in [2.75, 3.05) is 18.5 Å². The van der Waals surface area contributed by atoms with Gasteiger partial charge in [-0.1, -0.05) is 25.4 Å². The fraction of sp³-hybridized carbons (Fsp3) is 0.692. The predicted molar refractivity (Wildman–Crippen MR) is 73.0 cm³/mol. The Labute approximate surface area is 113 Å². The highest BCUT2D eigenvalue weighted by atomic mass is 35.5. The number of aromatic nitrogens is 2. The van der Waals surface area contributed by atoms with Crippen molar-refractivity contribution in [3.63, 3.8) is 0 Å². The summed E-state index contributed by atoms with van der Waals surface area (Å²) in [6.07, 6.45) is 4.70. The molecule has 2 N–H and O–H groups in total. The Bertz CT molecular complexity index is 419. The molecule has 18 heavy (non-hydrogen) atoms. The summed E-state index contributed by atoms with van der Waals surface area (Å²) in [7, 11) is 0. The van der Waals surface area contributed by atoms with E-state index in [1.807, 2.05) is 0 Å². The van der Waals surface area contributed by atoms with Gasteiger partial charge in [0.25, 0.3) is 0 Å². The fourth-order valence-corrected chi connectivity index (χ4v) is 2.58. The molecule has 4 nitrogen and oxygen atoms in total. The molecule has 100 valence electrons. The maximum Gasteiger partial charge on any atom is 0.138 e. The highest BCUT2D eigenvalue weighted by Gasteiger charge is 2.41. The minimum Gasteiger partial charge on any atom is -0.396 e. The summed E-state index contributed by atoms with van der Waals surface area (Å²) in [4.78, 5) is 8.31. The zero-order chi connectivity index (χ0) is 13.2. The molecule has 0 radical (unpaired) electrons. The summed E-state index contributed by atoms with van der Waals surface area (Å²) in [5.74, 6) is 1.11. The third kappa shape index (κ3) is 2.93. The van der Waals surface area contributed by atoms with Crippen LogP contribution in [0.5, 0.6) is 0 Å². The maximum atomic E-state index is 9.05. The van der Waals surface area contributed by atoms with E-state index in [0.29, 0.717) is 5.15 Å². The molecule has 1 fully saturated rings. The Hall–Kier alpha value is -0.870. The van der Waals surface area contributed by atoms with Gasteiger partial charge in [0, 0.05) is 18.7 Å². The van der Waals surface area contributed by atoms with E-state index >= 15 is 0 Å². The topological polar surface area (TPSA) is 58.0 Å². The SMILES string of the molecule is CC(C)c1c(Cl)ncnc1NCC1(CCO)CC1. The largest absolute Gasteiger partial charge is 0.396 e. The first kappa shape index (κ1) is 13.6. The molecule has 0 unspecified atom stereocenters. The van der Waals surface area contributed by atoms with E-state index < -0.39 is 0 Å². The van der Waals surface area contributed by atoms with Crippen molar-refractivity contribution < 1.29 is 5.11 Å². The summed E-state index contributed by atoms with van der Waals surface area (Å²) in [6, 6.07) is 0. The molecule has 0 bridgehead atoms. The van der Waals surface area contributed by atoms with Crippen molar-refractivity contribution in [1.82, 2.24) is 9.97 Å². The quantitative estimate of drug-likeness (QED) is 0.780. The summed E-state index contributed by atoms with van der Waals surface area (Å²) in [5.41, 5.74) is 1.24. The second kappa shape index (κ2) is 5.41. The summed E-state index contributed by atoms with van der Waals surface area (Å²) < 4.78 is 0. The molecule has 0 amide bonds. The van der Waals surface area contributed by atoms with Gasteiger partial charge in [-0.05, 0) is 30.6 Å². The van der Waals surface area contributed by atoms with E-state index in [4.69, 9.17) is 16.7 Å². The Morgan fingerprint density at radius 2 is 2.17 bits per heavy atom. The van der Waals surface area contributed by atoms with Crippen LogP contribution in [0.4, 0.5) is 5.82 Å². The van der Waals surface area contributed by atoms with Crippen LogP contribution in [0.15, 0.2) is 6.33 Å². The van der Waals surface area contributed by atoms with Crippen LogP contribution in [0.25, 0.3) is 0 Å². The van der Waals surface area contributed by atoms with Gasteiger partial charge in [0.05, 0.1) is 0 Å². The van der Waals surface area contributed by atoms with Crippen molar-refractivity contribution >= 4 is 17.4 Å². The van der Waals surface area contributed by atoms with Crippen LogP contribution < -0.4 is 5.32 Å². The van der Waals surface area contributed by atoms with E-state index in [9.17, 15) is 0 Å². The lowest BCUT2D eigenvalue weighted by Crippen LogP contribution is -2.18. The molecule has 0 saturated heterocycles. The lowest BCUT2D eigenvalue weighted by Gasteiger charge is -2.18. The number of aliphatic hydroxyl groups excluding tert-OH is 1. The number of anilines is 1. The van der Waals surface area contributed by atoms with Gasteiger partial charge in [-0.25, -0.2) is 9.97 Å². The van der Waals surface area contributed by atoms with Gasteiger partial charge in [0.1, 0.15) is 17.3 Å². The summed E-state index contributed by atoms with van der Waals surface area (Å²) in [6.45, 7) is 5.26. The number of nitrogens with zero attached hydrogens (tertiary/aromatic N) is 2. The third-order valence-electron chi connectivity index (χ3n) is 3.64. The number of aliphatic hydroxyl groups is 1. The first-order valence-electron chi connectivity index (χ1n) is 6.43. The Morgan fingerprint density at radius 3 is 2.72 bits per heavy atom. The lowest BCUT2D eigenvalue weighted by molar-refractivity contribution is 0.253. The van der Waals surface area contributed by atoms with Gasteiger partial charge in [-0.15, -0.1) is 0 Å². The molecule has 1 aliphatic carbocycles. The minimum atomic E-state index is 0.253. The molecule has 0 atom stereocenters. The molecule has 1 aliphatic rings. The van der Waals surface area contributed by atoms with E-state index in [-0.39, 0.29) is 17.9 Å². The highest BCUT2D eigenvalue weighted by molar-refractivity contribution is 6.30. The fourth-order valence-electron chi connectivity index (χ4n) is 2.23. The first-order chi connectivity index (χ1) is 8.58. The molecular weight excluding hydrogens is 250 g/mol. The number of hydrogen-bond acceptors (Lipinski definition) is 4. The molecular formula is C13H20ClN3O. The van der Waals surface area contributed by atoms with Gasteiger partial charge in [0.2, 0.25) is 0 Å². The van der Waals surface area contributed by atoms with Crippen molar-refractivity contribution in [2.24, 2.45) is 5.41 Å². The van der Waals surface area contributed by atoms with E-state index in [2.05, 4.69) is 29.1 Å². The van der Waals surface area contributed by atoms with Crippen LogP contribution in [0.1, 0.15) is 44.6 Å². The summed E-state index contributed by atoms with van der Waals surface area (Å²) in [5, 5.41) is 13.0.